The molecule has 6 nitrogen and oxygen atoms in total. The zero-order chi connectivity index (χ0) is 17.4. The van der Waals surface area contributed by atoms with Crippen molar-refractivity contribution in [2.45, 2.75) is 76.5 Å². The van der Waals surface area contributed by atoms with Crippen molar-refractivity contribution in [2.24, 2.45) is 4.99 Å². The average Bonchev–Trinajstić information content (AvgIpc) is 3.19. The number of guanidine groups is 1. The van der Waals surface area contributed by atoms with Gasteiger partial charge in [0, 0.05) is 31.6 Å². The minimum atomic E-state index is 0. The van der Waals surface area contributed by atoms with Gasteiger partial charge in [-0.25, -0.2) is 0 Å². The van der Waals surface area contributed by atoms with Gasteiger partial charge in [0.15, 0.2) is 11.1 Å². The molecule has 0 radical (unpaired) electrons. The molecular weight excluding hydrogens is 447 g/mol. The van der Waals surface area contributed by atoms with E-state index in [1.165, 1.54) is 25.7 Å². The fraction of sp³-hybridized carbons (Fsp3) is 0.824. The van der Waals surface area contributed by atoms with Gasteiger partial charge in [0.25, 0.3) is 0 Å². The number of rotatable bonds is 8. The van der Waals surface area contributed by atoms with Crippen molar-refractivity contribution in [1.29, 1.82) is 0 Å². The highest BCUT2D eigenvalue weighted by atomic mass is 127. The number of hydrogen-bond donors (Lipinski definition) is 2. The van der Waals surface area contributed by atoms with E-state index < -0.39 is 0 Å². The van der Waals surface area contributed by atoms with Crippen LogP contribution in [0, 0.1) is 0 Å². The van der Waals surface area contributed by atoms with E-state index in [1.807, 2.05) is 0 Å². The number of hydrogen-bond acceptors (Lipinski definition) is 4. The number of nitrogens with zero attached hydrogens (tertiary/aromatic N) is 4. The fourth-order valence-corrected chi connectivity index (χ4v) is 3.74. The van der Waals surface area contributed by atoms with Gasteiger partial charge >= 0.3 is 0 Å². The van der Waals surface area contributed by atoms with Crippen molar-refractivity contribution in [1.82, 2.24) is 25.4 Å². The molecule has 0 bridgehead atoms. The molecule has 1 aliphatic rings. The number of aromatic nitrogens is 3. The van der Waals surface area contributed by atoms with Gasteiger partial charge in [0.2, 0.25) is 0 Å². The molecule has 0 aliphatic heterocycles. The minimum absolute atomic E-state index is 0. The lowest BCUT2D eigenvalue weighted by atomic mass is 10.2. The second kappa shape index (κ2) is 12.0. The normalized spacial score (nSPS) is 15.5. The third-order valence-corrected chi connectivity index (χ3v) is 4.85. The molecule has 0 amide bonds. The lowest BCUT2D eigenvalue weighted by Gasteiger charge is -2.16. The maximum Gasteiger partial charge on any atom is 0.191 e. The molecule has 1 aliphatic carbocycles. The molecule has 8 heteroatoms. The van der Waals surface area contributed by atoms with Gasteiger partial charge in [-0.2, -0.15) is 0 Å². The number of aliphatic imine (C=N–C) groups is 1. The molecule has 2 rings (SSSR count). The third-order valence-electron chi connectivity index (χ3n) is 4.21. The minimum Gasteiger partial charge on any atom is -0.357 e. The van der Waals surface area contributed by atoms with Crippen LogP contribution in [0.15, 0.2) is 10.1 Å². The Kier molecular flexibility index (Phi) is 10.8. The van der Waals surface area contributed by atoms with Crippen molar-refractivity contribution in [3.8, 4) is 0 Å². The van der Waals surface area contributed by atoms with E-state index >= 15 is 0 Å². The molecule has 1 aromatic heterocycles. The first-order valence-electron chi connectivity index (χ1n) is 9.18. The highest BCUT2D eigenvalue weighted by Crippen LogP contribution is 2.33. The highest BCUT2D eigenvalue weighted by molar-refractivity contribution is 14.0. The summed E-state index contributed by atoms with van der Waals surface area (Å²) in [6.07, 6.45) is 9.20. The standard InChI is InChI=1S/C17H32N6S.HI/c1-5-18-16(20-13(2)3)19-12-8-11-15-21-22-17(24-4)23(15)14-9-6-7-10-14;/h13-14H,5-12H2,1-4H3,(H2,18,19,20);1H. The first-order chi connectivity index (χ1) is 11.7. The molecule has 0 aromatic carbocycles. The summed E-state index contributed by atoms with van der Waals surface area (Å²) < 4.78 is 2.39. The van der Waals surface area contributed by atoms with E-state index in [9.17, 15) is 0 Å². The lowest BCUT2D eigenvalue weighted by Crippen LogP contribution is -2.41. The number of aryl methyl sites for hydroxylation is 1. The van der Waals surface area contributed by atoms with E-state index in [4.69, 9.17) is 0 Å². The zero-order valence-electron chi connectivity index (χ0n) is 15.9. The second-order valence-electron chi connectivity index (χ2n) is 6.57. The van der Waals surface area contributed by atoms with Crippen molar-refractivity contribution in [2.75, 3.05) is 19.3 Å². The van der Waals surface area contributed by atoms with Crippen molar-refractivity contribution in [3.63, 3.8) is 0 Å². The summed E-state index contributed by atoms with van der Waals surface area (Å²) in [6.45, 7) is 8.02. The molecule has 0 spiro atoms. The first-order valence-corrected chi connectivity index (χ1v) is 10.4. The van der Waals surface area contributed by atoms with Gasteiger partial charge in [-0.3, -0.25) is 4.99 Å². The van der Waals surface area contributed by atoms with Crippen LogP contribution >= 0.6 is 35.7 Å². The van der Waals surface area contributed by atoms with Gasteiger partial charge in [0.05, 0.1) is 0 Å². The highest BCUT2D eigenvalue weighted by Gasteiger charge is 2.23. The van der Waals surface area contributed by atoms with Crippen LogP contribution in [0.2, 0.25) is 0 Å². The van der Waals surface area contributed by atoms with E-state index in [2.05, 4.69) is 57.4 Å². The van der Waals surface area contributed by atoms with E-state index in [0.29, 0.717) is 12.1 Å². The van der Waals surface area contributed by atoms with Gasteiger partial charge in [0.1, 0.15) is 5.82 Å². The molecule has 1 saturated carbocycles. The Balaban J connectivity index is 0.00000312. The summed E-state index contributed by atoms with van der Waals surface area (Å²) in [7, 11) is 0. The topological polar surface area (TPSA) is 67.1 Å². The van der Waals surface area contributed by atoms with Crippen LogP contribution in [0.5, 0.6) is 0 Å². The summed E-state index contributed by atoms with van der Waals surface area (Å²) in [5, 5.41) is 16.5. The van der Waals surface area contributed by atoms with E-state index in [0.717, 1.165) is 42.9 Å². The Bertz CT molecular complexity index is 525. The van der Waals surface area contributed by atoms with Gasteiger partial charge in [-0.15, -0.1) is 34.2 Å². The van der Waals surface area contributed by atoms with Crippen LogP contribution in [0.4, 0.5) is 0 Å². The van der Waals surface area contributed by atoms with Crippen LogP contribution < -0.4 is 10.6 Å². The Morgan fingerprint density at radius 3 is 2.64 bits per heavy atom. The predicted molar refractivity (Wildman–Crippen MR) is 117 cm³/mol. The number of nitrogens with one attached hydrogen (secondary N) is 2. The summed E-state index contributed by atoms with van der Waals surface area (Å²) in [6, 6.07) is 0.985. The Labute approximate surface area is 173 Å². The van der Waals surface area contributed by atoms with Crippen molar-refractivity contribution in [3.05, 3.63) is 5.82 Å². The fourth-order valence-electron chi connectivity index (χ4n) is 3.17. The molecule has 1 aromatic rings. The molecule has 1 fully saturated rings. The molecule has 144 valence electrons. The first kappa shape index (κ1) is 22.5. The van der Waals surface area contributed by atoms with Crippen LogP contribution in [0.25, 0.3) is 0 Å². The molecule has 0 unspecified atom stereocenters. The zero-order valence-corrected chi connectivity index (χ0v) is 19.1. The summed E-state index contributed by atoms with van der Waals surface area (Å²) in [5.74, 6) is 2.03. The Morgan fingerprint density at radius 2 is 2.04 bits per heavy atom. The summed E-state index contributed by atoms with van der Waals surface area (Å²) in [4.78, 5) is 4.65. The van der Waals surface area contributed by atoms with Crippen molar-refractivity contribution < 1.29 is 0 Å². The van der Waals surface area contributed by atoms with E-state index in [-0.39, 0.29) is 24.0 Å². The van der Waals surface area contributed by atoms with E-state index in [1.54, 1.807) is 11.8 Å². The van der Waals surface area contributed by atoms with Gasteiger partial charge in [-0.05, 0) is 46.3 Å². The average molecular weight is 480 g/mol. The Morgan fingerprint density at radius 1 is 1.32 bits per heavy atom. The molecule has 1 heterocycles. The second-order valence-corrected chi connectivity index (χ2v) is 7.35. The smallest absolute Gasteiger partial charge is 0.191 e. The maximum absolute atomic E-state index is 4.65. The van der Waals surface area contributed by atoms with Crippen LogP contribution in [-0.2, 0) is 6.42 Å². The summed E-state index contributed by atoms with van der Waals surface area (Å²) >= 11 is 1.70. The largest absolute Gasteiger partial charge is 0.357 e. The van der Waals surface area contributed by atoms with Crippen LogP contribution in [0.1, 0.15) is 64.7 Å². The number of thioether (sulfide) groups is 1. The molecule has 2 N–H and O–H groups in total. The van der Waals surface area contributed by atoms with Gasteiger partial charge < -0.3 is 15.2 Å². The number of halogens is 1. The molecular formula is C17H33IN6S. The monoisotopic (exact) mass is 480 g/mol. The lowest BCUT2D eigenvalue weighted by molar-refractivity contribution is 0.461. The molecule has 0 atom stereocenters. The SMILES string of the molecule is CCNC(=NCCCc1nnc(SC)n1C1CCCC1)NC(C)C.I. The maximum atomic E-state index is 4.65. The van der Waals surface area contributed by atoms with Crippen molar-refractivity contribution >= 4 is 41.7 Å². The van der Waals surface area contributed by atoms with Gasteiger partial charge in [-0.1, -0.05) is 24.6 Å². The Hall–Kier alpha value is -0.510. The predicted octanol–water partition coefficient (Wildman–Crippen LogP) is 3.63. The van der Waals surface area contributed by atoms with Crippen LogP contribution in [0.3, 0.4) is 0 Å². The summed E-state index contributed by atoms with van der Waals surface area (Å²) in [5.41, 5.74) is 0. The molecule has 0 saturated heterocycles. The third kappa shape index (κ3) is 6.96. The molecule has 25 heavy (non-hydrogen) atoms. The quantitative estimate of drug-likeness (QED) is 0.196. The van der Waals surface area contributed by atoms with Crippen LogP contribution in [-0.4, -0.2) is 46.1 Å².